The maximum Gasteiger partial charge on any atom is 0.325 e. The number of benzene rings is 2. The lowest BCUT2D eigenvalue weighted by atomic mass is 9.61. The van der Waals surface area contributed by atoms with E-state index in [9.17, 15) is 8.78 Å². The van der Waals surface area contributed by atoms with Crippen molar-refractivity contribution in [1.82, 2.24) is 0 Å². The Morgan fingerprint density at radius 3 is 2.64 bits per heavy atom. The highest BCUT2D eigenvalue weighted by Gasteiger charge is 2.25. The highest BCUT2D eigenvalue weighted by Crippen LogP contribution is 2.28. The molecule has 0 atom stereocenters. The Kier molecular flexibility index (Phi) is 4.86. The summed E-state index contributed by atoms with van der Waals surface area (Å²) in [5.41, 5.74) is 0.214. The van der Waals surface area contributed by atoms with E-state index in [1.807, 2.05) is 38.9 Å². The summed E-state index contributed by atoms with van der Waals surface area (Å²) >= 11 is 0. The molecule has 0 spiro atoms. The lowest BCUT2D eigenvalue weighted by Gasteiger charge is -2.26. The SMILES string of the molecule is C=CC(C)(C)OB(C)c1cccc2ccc(F)c(OCF)c12. The van der Waals surface area contributed by atoms with Gasteiger partial charge in [-0.05, 0) is 30.8 Å². The van der Waals surface area contributed by atoms with Crippen LogP contribution in [0, 0.1) is 5.82 Å². The maximum atomic E-state index is 14.0. The molecule has 22 heavy (non-hydrogen) atoms. The molecule has 2 aromatic rings. The fourth-order valence-electron chi connectivity index (χ4n) is 2.45. The average molecular weight is 304 g/mol. The number of rotatable bonds is 6. The zero-order valence-electron chi connectivity index (χ0n) is 13.0. The van der Waals surface area contributed by atoms with Crippen LogP contribution in [0.1, 0.15) is 13.8 Å². The monoisotopic (exact) mass is 304 g/mol. The van der Waals surface area contributed by atoms with Gasteiger partial charge in [0, 0.05) is 5.39 Å². The Bertz CT molecular complexity index is 686. The molecule has 0 fully saturated rings. The number of halogens is 2. The Hall–Kier alpha value is -1.88. The van der Waals surface area contributed by atoms with Crippen LogP contribution < -0.4 is 10.2 Å². The normalized spacial score (nSPS) is 11.5. The number of hydrogen-bond donors (Lipinski definition) is 0. The van der Waals surface area contributed by atoms with Gasteiger partial charge in [-0.25, -0.2) is 8.78 Å². The van der Waals surface area contributed by atoms with Gasteiger partial charge >= 0.3 is 6.92 Å². The topological polar surface area (TPSA) is 18.5 Å². The summed E-state index contributed by atoms with van der Waals surface area (Å²) in [7, 11) is 0. The third-order valence-corrected chi connectivity index (χ3v) is 3.59. The van der Waals surface area contributed by atoms with Crippen LogP contribution in [0.25, 0.3) is 10.8 Å². The molecule has 0 aliphatic rings. The minimum absolute atomic E-state index is 0.0811. The molecular formula is C17H19BF2O2. The van der Waals surface area contributed by atoms with E-state index in [1.165, 1.54) is 6.07 Å². The molecule has 2 aromatic carbocycles. The first-order valence-corrected chi connectivity index (χ1v) is 7.11. The van der Waals surface area contributed by atoms with Gasteiger partial charge in [-0.1, -0.05) is 37.2 Å². The van der Waals surface area contributed by atoms with Gasteiger partial charge in [0.15, 0.2) is 11.6 Å². The third-order valence-electron chi connectivity index (χ3n) is 3.59. The predicted molar refractivity (Wildman–Crippen MR) is 87.1 cm³/mol. The summed E-state index contributed by atoms with van der Waals surface area (Å²) < 4.78 is 37.5. The molecular weight excluding hydrogens is 285 g/mol. The molecule has 0 aliphatic heterocycles. The molecule has 0 heterocycles. The van der Waals surface area contributed by atoms with E-state index < -0.39 is 18.3 Å². The first-order valence-electron chi connectivity index (χ1n) is 7.11. The number of ether oxygens (including phenoxy) is 1. The molecule has 116 valence electrons. The Morgan fingerprint density at radius 2 is 2.00 bits per heavy atom. The van der Waals surface area contributed by atoms with Crippen molar-refractivity contribution in [3.8, 4) is 5.75 Å². The van der Waals surface area contributed by atoms with E-state index in [0.717, 1.165) is 10.8 Å². The molecule has 2 nitrogen and oxygen atoms in total. The first-order chi connectivity index (χ1) is 10.4. The fraction of sp³-hybridized carbons (Fsp3) is 0.294. The lowest BCUT2D eigenvalue weighted by Crippen LogP contribution is -2.38. The second kappa shape index (κ2) is 6.49. The van der Waals surface area contributed by atoms with E-state index in [2.05, 4.69) is 6.58 Å². The van der Waals surface area contributed by atoms with Gasteiger partial charge in [0.1, 0.15) is 0 Å². The maximum absolute atomic E-state index is 14.0. The van der Waals surface area contributed by atoms with Crippen molar-refractivity contribution in [3.05, 3.63) is 48.8 Å². The molecule has 5 heteroatoms. The molecule has 0 radical (unpaired) electrons. The first kappa shape index (κ1) is 16.5. The van der Waals surface area contributed by atoms with Crippen molar-refractivity contribution >= 4 is 23.2 Å². The van der Waals surface area contributed by atoms with Crippen molar-refractivity contribution in [1.29, 1.82) is 0 Å². The van der Waals surface area contributed by atoms with Crippen LogP contribution in [0.2, 0.25) is 6.82 Å². The van der Waals surface area contributed by atoms with Crippen LogP contribution >= 0.6 is 0 Å². The number of hydrogen-bond acceptors (Lipinski definition) is 2. The Morgan fingerprint density at radius 1 is 1.27 bits per heavy atom. The largest absolute Gasteiger partial charge is 0.459 e. The second-order valence-electron chi connectivity index (χ2n) is 5.64. The van der Waals surface area contributed by atoms with Crippen LogP contribution in [-0.4, -0.2) is 19.4 Å². The van der Waals surface area contributed by atoms with Crippen LogP contribution in [0.5, 0.6) is 5.75 Å². The molecule has 0 aromatic heterocycles. The molecule has 0 saturated heterocycles. The van der Waals surface area contributed by atoms with Crippen molar-refractivity contribution in [2.45, 2.75) is 26.3 Å². The highest BCUT2D eigenvalue weighted by atomic mass is 19.1. The van der Waals surface area contributed by atoms with Crippen molar-refractivity contribution in [3.63, 3.8) is 0 Å². The van der Waals surface area contributed by atoms with Gasteiger partial charge in [0.2, 0.25) is 6.86 Å². The van der Waals surface area contributed by atoms with Crippen molar-refractivity contribution in [2.75, 3.05) is 6.86 Å². The van der Waals surface area contributed by atoms with Crippen molar-refractivity contribution in [2.24, 2.45) is 0 Å². The standard InChI is InChI=1S/C17H19BF2O2/c1-5-17(2,3)22-18(4)13-8-6-7-12-9-10-14(20)16(15(12)13)21-11-19/h5-10H,1,11H2,2-4H3. The predicted octanol–water partition coefficient (Wildman–Crippen LogP) is 4.09. The fourth-order valence-corrected chi connectivity index (χ4v) is 2.45. The number of fused-ring (bicyclic) bond motifs is 1. The van der Waals surface area contributed by atoms with E-state index >= 15 is 0 Å². The minimum atomic E-state index is -1.09. The quantitative estimate of drug-likeness (QED) is 0.591. The lowest BCUT2D eigenvalue weighted by molar-refractivity contribution is 0.167. The molecule has 0 bridgehead atoms. The van der Waals surface area contributed by atoms with Crippen LogP contribution in [-0.2, 0) is 4.65 Å². The van der Waals surface area contributed by atoms with Crippen LogP contribution in [0.15, 0.2) is 43.0 Å². The smallest absolute Gasteiger partial charge is 0.325 e. The summed E-state index contributed by atoms with van der Waals surface area (Å²) in [6.07, 6.45) is 1.70. The number of alkyl halides is 1. The van der Waals surface area contributed by atoms with E-state index in [4.69, 9.17) is 9.39 Å². The zero-order chi connectivity index (χ0) is 16.3. The molecule has 0 aliphatic carbocycles. The zero-order valence-corrected chi connectivity index (χ0v) is 13.0. The average Bonchev–Trinajstić information content (AvgIpc) is 2.49. The van der Waals surface area contributed by atoms with Gasteiger partial charge in [-0.2, -0.15) is 0 Å². The Balaban J connectivity index is 2.58. The molecule has 0 N–H and O–H groups in total. The van der Waals surface area contributed by atoms with Gasteiger partial charge in [-0.3, -0.25) is 0 Å². The van der Waals surface area contributed by atoms with E-state index in [1.54, 1.807) is 12.1 Å². The Labute approximate surface area is 129 Å². The molecule has 0 unspecified atom stereocenters. The second-order valence-corrected chi connectivity index (χ2v) is 5.64. The summed E-state index contributed by atoms with van der Waals surface area (Å²) in [5.74, 6) is -0.671. The van der Waals surface area contributed by atoms with Gasteiger partial charge in [-0.15, -0.1) is 6.58 Å². The van der Waals surface area contributed by atoms with E-state index in [0.29, 0.717) is 5.39 Å². The molecule has 0 amide bonds. The minimum Gasteiger partial charge on any atom is -0.459 e. The summed E-state index contributed by atoms with van der Waals surface area (Å²) in [5, 5.41) is 1.31. The summed E-state index contributed by atoms with van der Waals surface area (Å²) in [6.45, 7) is 7.97. The third kappa shape index (κ3) is 3.30. The van der Waals surface area contributed by atoms with E-state index in [-0.39, 0.29) is 12.7 Å². The molecule has 0 saturated carbocycles. The van der Waals surface area contributed by atoms with Crippen molar-refractivity contribution < 1.29 is 18.2 Å². The van der Waals surface area contributed by atoms with Crippen LogP contribution in [0.4, 0.5) is 8.78 Å². The van der Waals surface area contributed by atoms with Gasteiger partial charge in [0.25, 0.3) is 0 Å². The van der Waals surface area contributed by atoms with Gasteiger partial charge in [0.05, 0.1) is 5.60 Å². The molecule has 2 rings (SSSR count). The summed E-state index contributed by atoms with van der Waals surface area (Å²) in [4.78, 5) is 0. The van der Waals surface area contributed by atoms with Crippen LogP contribution in [0.3, 0.4) is 0 Å². The highest BCUT2D eigenvalue weighted by molar-refractivity contribution is 6.69. The summed E-state index contributed by atoms with van der Waals surface area (Å²) in [6, 6.07) is 8.43. The van der Waals surface area contributed by atoms with Gasteiger partial charge < -0.3 is 9.39 Å².